The lowest BCUT2D eigenvalue weighted by Gasteiger charge is -2.10. The Hall–Kier alpha value is -1.80. The largest absolute Gasteiger partial charge is 0.325 e. The van der Waals surface area contributed by atoms with Gasteiger partial charge < -0.3 is 5.32 Å². The van der Waals surface area contributed by atoms with Crippen LogP contribution >= 0.6 is 11.5 Å². The van der Waals surface area contributed by atoms with E-state index in [9.17, 15) is 13.2 Å². The van der Waals surface area contributed by atoms with Crippen LogP contribution in [0.2, 0.25) is 0 Å². The van der Waals surface area contributed by atoms with Crippen LogP contribution in [0.1, 0.15) is 6.92 Å². The van der Waals surface area contributed by atoms with Crippen molar-refractivity contribution in [2.75, 3.05) is 11.6 Å². The number of hydrogen-bond acceptors (Lipinski definition) is 6. The van der Waals surface area contributed by atoms with Crippen molar-refractivity contribution < 1.29 is 13.2 Å². The lowest BCUT2D eigenvalue weighted by Crippen LogP contribution is -2.31. The van der Waals surface area contributed by atoms with Crippen LogP contribution in [0.25, 0.3) is 11.3 Å². The Labute approximate surface area is 120 Å². The second-order valence-electron chi connectivity index (χ2n) is 4.33. The molecule has 1 aromatic carbocycles. The summed E-state index contributed by atoms with van der Waals surface area (Å²) >= 11 is 1.26. The minimum atomic E-state index is -3.39. The summed E-state index contributed by atoms with van der Waals surface area (Å²) in [7, 11) is -3.39. The van der Waals surface area contributed by atoms with Crippen LogP contribution in [-0.2, 0) is 14.6 Å². The lowest BCUT2D eigenvalue weighted by molar-refractivity contribution is -0.115. The molecule has 0 bridgehead atoms. The fraction of sp³-hybridized carbons (Fsp3) is 0.250. The minimum Gasteiger partial charge on any atom is -0.325 e. The molecular formula is C12H13N3O3S2. The van der Waals surface area contributed by atoms with Crippen molar-refractivity contribution in [2.24, 2.45) is 0 Å². The zero-order valence-electron chi connectivity index (χ0n) is 10.9. The first-order valence-corrected chi connectivity index (χ1v) is 8.54. The molecule has 0 fully saturated rings. The lowest BCUT2D eigenvalue weighted by atomic mass is 10.1. The third-order valence-corrected chi connectivity index (χ3v) is 4.82. The zero-order chi connectivity index (χ0) is 14.8. The molecule has 0 radical (unpaired) electrons. The molecular weight excluding hydrogens is 298 g/mol. The Morgan fingerprint density at radius 1 is 1.30 bits per heavy atom. The van der Waals surface area contributed by atoms with E-state index in [0.29, 0.717) is 5.69 Å². The number of anilines is 1. The molecule has 8 heteroatoms. The van der Waals surface area contributed by atoms with Gasteiger partial charge in [0.15, 0.2) is 9.84 Å². The van der Waals surface area contributed by atoms with Gasteiger partial charge in [0, 0.05) is 22.9 Å². The summed E-state index contributed by atoms with van der Waals surface area (Å²) in [5.74, 6) is -0.546. The fourth-order valence-electron chi connectivity index (χ4n) is 1.45. The predicted molar refractivity (Wildman–Crippen MR) is 78.3 cm³/mol. The predicted octanol–water partition coefficient (Wildman–Crippen LogP) is 1.58. The van der Waals surface area contributed by atoms with E-state index in [4.69, 9.17) is 0 Å². The number of amides is 1. The maximum Gasteiger partial charge on any atom is 0.242 e. The molecule has 20 heavy (non-hydrogen) atoms. The molecule has 0 saturated carbocycles. The SMILES string of the molecule is C[C@H](C(=O)Nc1ccc(-c2csnn2)cc1)S(C)(=O)=O. The Bertz CT molecular complexity index is 694. The van der Waals surface area contributed by atoms with Gasteiger partial charge in [-0.25, -0.2) is 8.42 Å². The molecule has 106 valence electrons. The van der Waals surface area contributed by atoms with Crippen molar-refractivity contribution in [1.29, 1.82) is 0 Å². The minimum absolute atomic E-state index is 0.539. The molecule has 2 rings (SSSR count). The quantitative estimate of drug-likeness (QED) is 0.926. The van der Waals surface area contributed by atoms with Gasteiger partial charge in [-0.2, -0.15) is 0 Å². The zero-order valence-corrected chi connectivity index (χ0v) is 12.5. The number of sulfone groups is 1. The van der Waals surface area contributed by atoms with E-state index in [1.165, 1.54) is 18.5 Å². The molecule has 6 nitrogen and oxygen atoms in total. The van der Waals surface area contributed by atoms with Gasteiger partial charge in [-0.1, -0.05) is 16.6 Å². The van der Waals surface area contributed by atoms with Gasteiger partial charge in [-0.15, -0.1) is 5.10 Å². The molecule has 0 unspecified atom stereocenters. The Balaban J connectivity index is 2.10. The summed E-state index contributed by atoms with van der Waals surface area (Å²) in [4.78, 5) is 11.8. The number of carbonyl (C=O) groups excluding carboxylic acids is 1. The van der Waals surface area contributed by atoms with Crippen molar-refractivity contribution in [3.63, 3.8) is 0 Å². The average molecular weight is 311 g/mol. The summed E-state index contributed by atoms with van der Waals surface area (Å²) in [6, 6.07) is 6.97. The molecule has 1 amide bonds. The van der Waals surface area contributed by atoms with Crippen LogP contribution < -0.4 is 5.32 Å². The van der Waals surface area contributed by atoms with Gasteiger partial charge in [0.25, 0.3) is 0 Å². The molecule has 1 N–H and O–H groups in total. The monoisotopic (exact) mass is 311 g/mol. The number of nitrogens with zero attached hydrogens (tertiary/aromatic N) is 2. The van der Waals surface area contributed by atoms with Crippen LogP contribution in [0.5, 0.6) is 0 Å². The molecule has 1 atom stereocenters. The average Bonchev–Trinajstić information content (AvgIpc) is 2.91. The van der Waals surface area contributed by atoms with E-state index in [0.717, 1.165) is 17.5 Å². The highest BCUT2D eigenvalue weighted by Gasteiger charge is 2.23. The molecule has 0 saturated heterocycles. The van der Waals surface area contributed by atoms with Crippen molar-refractivity contribution in [3.8, 4) is 11.3 Å². The second-order valence-corrected chi connectivity index (χ2v) is 7.30. The van der Waals surface area contributed by atoms with Gasteiger partial charge in [-0.3, -0.25) is 4.79 Å². The standard InChI is InChI=1S/C12H13N3O3S2/c1-8(20(2,17)18)12(16)13-10-5-3-9(4-6-10)11-7-19-15-14-11/h3-8H,1-2H3,(H,13,16)/t8-/m1/s1. The van der Waals surface area contributed by atoms with E-state index in [-0.39, 0.29) is 0 Å². The Kier molecular flexibility index (Phi) is 4.15. The molecule has 0 aliphatic carbocycles. The third kappa shape index (κ3) is 3.40. The number of carbonyl (C=O) groups is 1. The topological polar surface area (TPSA) is 89.0 Å². The van der Waals surface area contributed by atoms with Gasteiger partial charge in [-0.05, 0) is 30.6 Å². The third-order valence-electron chi connectivity index (χ3n) is 2.82. The molecule has 2 aromatic rings. The highest BCUT2D eigenvalue weighted by atomic mass is 32.2. The molecule has 0 spiro atoms. The van der Waals surface area contributed by atoms with Crippen LogP contribution in [-0.4, -0.2) is 35.4 Å². The summed E-state index contributed by atoms with van der Waals surface area (Å²) in [5.41, 5.74) is 2.18. The summed E-state index contributed by atoms with van der Waals surface area (Å²) in [6.07, 6.45) is 1.04. The number of nitrogens with one attached hydrogen (secondary N) is 1. The van der Waals surface area contributed by atoms with E-state index in [2.05, 4.69) is 14.9 Å². The van der Waals surface area contributed by atoms with Crippen molar-refractivity contribution in [3.05, 3.63) is 29.6 Å². The second kappa shape index (κ2) is 5.68. The van der Waals surface area contributed by atoms with Gasteiger partial charge in [0.2, 0.25) is 5.91 Å². The molecule has 1 aromatic heterocycles. The Morgan fingerprint density at radius 3 is 2.45 bits per heavy atom. The highest BCUT2D eigenvalue weighted by Crippen LogP contribution is 2.20. The molecule has 1 heterocycles. The maximum atomic E-state index is 11.8. The van der Waals surface area contributed by atoms with Crippen molar-refractivity contribution >= 4 is 33.0 Å². The summed E-state index contributed by atoms with van der Waals surface area (Å²) in [6.45, 7) is 1.36. The maximum absolute atomic E-state index is 11.8. The van der Waals surface area contributed by atoms with Crippen LogP contribution in [0.3, 0.4) is 0 Å². The van der Waals surface area contributed by atoms with Crippen LogP contribution in [0.4, 0.5) is 5.69 Å². The number of benzene rings is 1. The van der Waals surface area contributed by atoms with E-state index in [1.54, 1.807) is 24.3 Å². The normalized spacial score (nSPS) is 12.9. The van der Waals surface area contributed by atoms with Gasteiger partial charge in [0.1, 0.15) is 10.9 Å². The van der Waals surface area contributed by atoms with Gasteiger partial charge in [0.05, 0.1) is 0 Å². The van der Waals surface area contributed by atoms with Crippen molar-refractivity contribution in [2.45, 2.75) is 12.2 Å². The number of rotatable bonds is 4. The number of aromatic nitrogens is 2. The number of hydrogen-bond donors (Lipinski definition) is 1. The fourth-order valence-corrected chi connectivity index (χ4v) is 2.37. The summed E-state index contributed by atoms with van der Waals surface area (Å²) in [5, 5.41) is 7.25. The van der Waals surface area contributed by atoms with Gasteiger partial charge >= 0.3 is 0 Å². The van der Waals surface area contributed by atoms with Crippen LogP contribution in [0.15, 0.2) is 29.6 Å². The smallest absolute Gasteiger partial charge is 0.242 e. The van der Waals surface area contributed by atoms with Crippen molar-refractivity contribution in [1.82, 2.24) is 9.59 Å². The van der Waals surface area contributed by atoms with E-state index in [1.807, 2.05) is 5.38 Å². The highest BCUT2D eigenvalue weighted by molar-refractivity contribution is 7.92. The first kappa shape index (κ1) is 14.6. The summed E-state index contributed by atoms with van der Waals surface area (Å²) < 4.78 is 26.4. The van der Waals surface area contributed by atoms with E-state index >= 15 is 0 Å². The first-order valence-electron chi connectivity index (χ1n) is 5.75. The molecule has 0 aliphatic rings. The molecule has 0 aliphatic heterocycles. The Morgan fingerprint density at radius 2 is 1.95 bits per heavy atom. The first-order chi connectivity index (χ1) is 9.38. The van der Waals surface area contributed by atoms with E-state index < -0.39 is 21.0 Å². The van der Waals surface area contributed by atoms with Crippen LogP contribution in [0, 0.1) is 0 Å².